The van der Waals surface area contributed by atoms with Crippen molar-refractivity contribution in [2.24, 2.45) is 0 Å². The molecule has 0 N–H and O–H groups in total. The highest BCUT2D eigenvalue weighted by Gasteiger charge is 2.36. The molecule has 278 valence electrons. The number of fused-ring (bicyclic) bond motifs is 9. The Labute approximate surface area is 341 Å². The lowest BCUT2D eigenvalue weighted by atomic mass is 9.82. The van der Waals surface area contributed by atoms with Crippen molar-refractivity contribution >= 4 is 43.6 Å². The minimum absolute atomic E-state index is 0.110. The van der Waals surface area contributed by atoms with E-state index in [-0.39, 0.29) is 5.41 Å². The SMILES string of the molecule is CC1(C)c2ccccc2-c2cc3c4ccccc4n(-c4ccc5c(c4)c4cc(-c6nc(-c7ccccc7)nc(-c7ccccc7)n6)ccc4n5-c4ccccc4)c3cc21. The Bertz CT molecular complexity index is 3390. The van der Waals surface area contributed by atoms with Gasteiger partial charge in [-0.3, -0.25) is 0 Å². The standard InChI is InChI=1S/C54H37N5/c1-54(2)45-24-14-12-22-39(45)41-32-44-40-23-13-15-25-47(40)59(50(44)33-46(41)54)38-27-29-49-43(31-38)42-30-36(26-28-48(42)58(49)37-20-10-5-11-21-37)53-56-51(34-16-6-3-7-17-34)55-52(57-53)35-18-8-4-9-19-35/h3-33H,1-2H3. The van der Waals surface area contributed by atoms with E-state index < -0.39 is 0 Å². The number of nitrogens with zero attached hydrogens (tertiary/aromatic N) is 5. The molecule has 8 aromatic carbocycles. The van der Waals surface area contributed by atoms with Crippen LogP contribution in [0.4, 0.5) is 0 Å². The molecule has 5 nitrogen and oxygen atoms in total. The van der Waals surface area contributed by atoms with E-state index in [0.29, 0.717) is 17.5 Å². The number of aromatic nitrogens is 5. The Morgan fingerprint density at radius 1 is 0.339 bits per heavy atom. The van der Waals surface area contributed by atoms with E-state index in [2.05, 4.69) is 175 Å². The summed E-state index contributed by atoms with van der Waals surface area (Å²) >= 11 is 0. The van der Waals surface area contributed by atoms with Crippen LogP contribution in [-0.4, -0.2) is 24.1 Å². The van der Waals surface area contributed by atoms with Gasteiger partial charge in [-0.15, -0.1) is 0 Å². The van der Waals surface area contributed by atoms with Gasteiger partial charge in [0, 0.05) is 55.0 Å². The molecule has 0 bridgehead atoms. The van der Waals surface area contributed by atoms with Crippen molar-refractivity contribution < 1.29 is 0 Å². The third kappa shape index (κ3) is 5.08. The maximum atomic E-state index is 5.10. The van der Waals surface area contributed by atoms with E-state index >= 15 is 0 Å². The molecule has 0 saturated heterocycles. The van der Waals surface area contributed by atoms with Crippen LogP contribution in [0.15, 0.2) is 188 Å². The third-order valence-corrected chi connectivity index (χ3v) is 12.4. The minimum Gasteiger partial charge on any atom is -0.309 e. The number of para-hydroxylation sites is 2. The van der Waals surface area contributed by atoms with E-state index in [0.717, 1.165) is 49.9 Å². The summed E-state index contributed by atoms with van der Waals surface area (Å²) in [5.41, 5.74) is 15.0. The summed E-state index contributed by atoms with van der Waals surface area (Å²) in [6.45, 7) is 4.72. The van der Waals surface area contributed by atoms with Crippen LogP contribution < -0.4 is 0 Å². The molecule has 3 heterocycles. The summed E-state index contributed by atoms with van der Waals surface area (Å²) in [6, 6.07) is 67.1. The molecule has 5 heteroatoms. The van der Waals surface area contributed by atoms with E-state index in [1.807, 2.05) is 36.4 Å². The van der Waals surface area contributed by atoms with E-state index in [4.69, 9.17) is 15.0 Å². The normalized spacial score (nSPS) is 13.1. The van der Waals surface area contributed by atoms with Gasteiger partial charge < -0.3 is 9.13 Å². The number of hydrogen-bond donors (Lipinski definition) is 0. The third-order valence-electron chi connectivity index (χ3n) is 12.4. The second-order valence-electron chi connectivity index (χ2n) is 16.1. The summed E-state index contributed by atoms with van der Waals surface area (Å²) < 4.78 is 4.83. The first-order chi connectivity index (χ1) is 29.0. The van der Waals surface area contributed by atoms with Crippen molar-refractivity contribution in [2.45, 2.75) is 19.3 Å². The van der Waals surface area contributed by atoms with Gasteiger partial charge in [0.2, 0.25) is 0 Å². The van der Waals surface area contributed by atoms with Gasteiger partial charge in [-0.05, 0) is 89.0 Å². The van der Waals surface area contributed by atoms with Gasteiger partial charge in [0.05, 0.1) is 22.1 Å². The van der Waals surface area contributed by atoms with Gasteiger partial charge >= 0.3 is 0 Å². The monoisotopic (exact) mass is 755 g/mol. The highest BCUT2D eigenvalue weighted by Crippen LogP contribution is 2.51. The van der Waals surface area contributed by atoms with Crippen LogP contribution in [0.3, 0.4) is 0 Å². The molecule has 0 aliphatic heterocycles. The van der Waals surface area contributed by atoms with Crippen LogP contribution >= 0.6 is 0 Å². The van der Waals surface area contributed by atoms with Crippen molar-refractivity contribution in [3.63, 3.8) is 0 Å². The molecule has 0 radical (unpaired) electrons. The fourth-order valence-corrected chi connectivity index (χ4v) is 9.52. The molecule has 59 heavy (non-hydrogen) atoms. The second kappa shape index (κ2) is 12.7. The van der Waals surface area contributed by atoms with Gasteiger partial charge in [0.15, 0.2) is 17.5 Å². The van der Waals surface area contributed by atoms with E-state index in [9.17, 15) is 0 Å². The van der Waals surface area contributed by atoms with Crippen LogP contribution in [0.5, 0.6) is 0 Å². The van der Waals surface area contributed by atoms with Crippen molar-refractivity contribution in [1.82, 2.24) is 24.1 Å². The first-order valence-corrected chi connectivity index (χ1v) is 20.2. The summed E-state index contributed by atoms with van der Waals surface area (Å²) in [4.78, 5) is 15.2. The Balaban J connectivity index is 1.11. The first-order valence-electron chi connectivity index (χ1n) is 20.2. The predicted molar refractivity (Wildman–Crippen MR) is 242 cm³/mol. The molecule has 12 rings (SSSR count). The molecule has 0 atom stereocenters. The number of benzene rings is 8. The first kappa shape index (κ1) is 33.5. The summed E-state index contributed by atoms with van der Waals surface area (Å²) in [5, 5.41) is 4.80. The second-order valence-corrected chi connectivity index (χ2v) is 16.1. The Hall–Kier alpha value is -7.63. The highest BCUT2D eigenvalue weighted by atomic mass is 15.0. The van der Waals surface area contributed by atoms with Gasteiger partial charge in [0.1, 0.15) is 0 Å². The van der Waals surface area contributed by atoms with Crippen molar-refractivity contribution in [3.8, 4) is 56.7 Å². The molecule has 3 aromatic heterocycles. The lowest BCUT2D eigenvalue weighted by molar-refractivity contribution is 0.661. The number of rotatable bonds is 5. The quantitative estimate of drug-likeness (QED) is 0.176. The molecule has 1 aliphatic rings. The van der Waals surface area contributed by atoms with Crippen molar-refractivity contribution in [2.75, 3.05) is 0 Å². The van der Waals surface area contributed by atoms with Crippen LogP contribution in [0, 0.1) is 0 Å². The van der Waals surface area contributed by atoms with Gasteiger partial charge in [0.25, 0.3) is 0 Å². The summed E-state index contributed by atoms with van der Waals surface area (Å²) in [5.74, 6) is 1.93. The predicted octanol–water partition coefficient (Wildman–Crippen LogP) is 13.4. The smallest absolute Gasteiger partial charge is 0.164 e. The molecule has 1 aliphatic carbocycles. The molecule has 0 unspecified atom stereocenters. The maximum absolute atomic E-state index is 5.10. The average molecular weight is 756 g/mol. The molecule has 0 spiro atoms. The largest absolute Gasteiger partial charge is 0.309 e. The molecular weight excluding hydrogens is 719 g/mol. The highest BCUT2D eigenvalue weighted by molar-refractivity contribution is 6.14. The fraction of sp³-hybridized carbons (Fsp3) is 0.0556. The molecule has 0 amide bonds. The Morgan fingerprint density at radius 2 is 0.864 bits per heavy atom. The Kier molecular flexibility index (Phi) is 7.20. The van der Waals surface area contributed by atoms with Crippen molar-refractivity contribution in [3.05, 3.63) is 199 Å². The van der Waals surface area contributed by atoms with Gasteiger partial charge in [-0.1, -0.05) is 135 Å². The zero-order valence-corrected chi connectivity index (χ0v) is 32.6. The maximum Gasteiger partial charge on any atom is 0.164 e. The van der Waals surface area contributed by atoms with Crippen molar-refractivity contribution in [1.29, 1.82) is 0 Å². The van der Waals surface area contributed by atoms with E-state index in [1.165, 1.54) is 44.1 Å². The zero-order chi connectivity index (χ0) is 39.2. The molecule has 11 aromatic rings. The van der Waals surface area contributed by atoms with Gasteiger partial charge in [-0.2, -0.15) is 0 Å². The number of hydrogen-bond acceptors (Lipinski definition) is 3. The Morgan fingerprint density at radius 3 is 1.58 bits per heavy atom. The van der Waals surface area contributed by atoms with Gasteiger partial charge in [-0.25, -0.2) is 15.0 Å². The van der Waals surface area contributed by atoms with Crippen LogP contribution in [0.25, 0.3) is 100 Å². The van der Waals surface area contributed by atoms with Crippen LogP contribution in [-0.2, 0) is 5.41 Å². The van der Waals surface area contributed by atoms with Crippen LogP contribution in [0.2, 0.25) is 0 Å². The van der Waals surface area contributed by atoms with Crippen LogP contribution in [0.1, 0.15) is 25.0 Å². The minimum atomic E-state index is -0.110. The zero-order valence-electron chi connectivity index (χ0n) is 32.6. The molecular formula is C54H37N5. The average Bonchev–Trinajstić information content (AvgIpc) is 3.88. The summed E-state index contributed by atoms with van der Waals surface area (Å²) in [7, 11) is 0. The lowest BCUT2D eigenvalue weighted by Gasteiger charge is -2.21. The topological polar surface area (TPSA) is 48.5 Å². The van der Waals surface area contributed by atoms with E-state index in [1.54, 1.807) is 0 Å². The fourth-order valence-electron chi connectivity index (χ4n) is 9.52. The summed E-state index contributed by atoms with van der Waals surface area (Å²) in [6.07, 6.45) is 0. The molecule has 0 saturated carbocycles. The lowest BCUT2D eigenvalue weighted by Crippen LogP contribution is -2.14. The molecule has 0 fully saturated rings.